The maximum absolute atomic E-state index is 5.75. The third kappa shape index (κ3) is 2.88. The molecule has 0 saturated heterocycles. The molecule has 0 atom stereocenters. The van der Waals surface area contributed by atoms with Crippen LogP contribution in [0.3, 0.4) is 0 Å². The Balaban J connectivity index is 0.00000162. The summed E-state index contributed by atoms with van der Waals surface area (Å²) in [6, 6.07) is 5.73. The summed E-state index contributed by atoms with van der Waals surface area (Å²) in [5.74, 6) is 1.82. The zero-order chi connectivity index (χ0) is 12.3. The van der Waals surface area contributed by atoms with Crippen LogP contribution in [0.2, 0.25) is 0 Å². The third-order valence-corrected chi connectivity index (χ3v) is 3.52. The van der Waals surface area contributed by atoms with Crippen LogP contribution in [0, 0.1) is 0 Å². The number of hydrogen-bond acceptors (Lipinski definition) is 4. The van der Waals surface area contributed by atoms with Gasteiger partial charge in [0.05, 0.1) is 31.4 Å². The number of methoxy groups -OCH3 is 2. The SMILES string of the molecule is COc1cccc(-c2nc(CCl)cs2)c1OC.[Cl-]. The zero-order valence-electron chi connectivity index (χ0n) is 9.94. The number of rotatable bonds is 4. The van der Waals surface area contributed by atoms with E-state index in [2.05, 4.69) is 4.98 Å². The molecular formula is C12H12Cl2NO2S-. The summed E-state index contributed by atoms with van der Waals surface area (Å²) < 4.78 is 10.6. The topological polar surface area (TPSA) is 31.4 Å². The van der Waals surface area contributed by atoms with Gasteiger partial charge in [-0.2, -0.15) is 0 Å². The normalized spacial score (nSPS) is 9.72. The molecule has 0 N–H and O–H groups in total. The first-order valence-corrected chi connectivity index (χ1v) is 6.43. The molecule has 2 aromatic rings. The van der Waals surface area contributed by atoms with Crippen molar-refractivity contribution in [3.8, 4) is 22.1 Å². The lowest BCUT2D eigenvalue weighted by atomic mass is 10.2. The maximum atomic E-state index is 5.75. The lowest BCUT2D eigenvalue weighted by molar-refractivity contribution is -0.00000390. The second-order valence-corrected chi connectivity index (χ2v) is 4.44. The molecule has 0 saturated carbocycles. The van der Waals surface area contributed by atoms with Gasteiger partial charge in [-0.05, 0) is 12.1 Å². The highest BCUT2D eigenvalue weighted by Gasteiger charge is 2.14. The summed E-state index contributed by atoms with van der Waals surface area (Å²) >= 11 is 7.29. The predicted octanol–water partition coefficient (Wildman–Crippen LogP) is 0.570. The van der Waals surface area contributed by atoms with E-state index < -0.39 is 0 Å². The predicted molar refractivity (Wildman–Crippen MR) is 70.2 cm³/mol. The van der Waals surface area contributed by atoms with Gasteiger partial charge in [0.25, 0.3) is 0 Å². The number of halogens is 2. The van der Waals surface area contributed by atoms with E-state index in [0.717, 1.165) is 16.3 Å². The van der Waals surface area contributed by atoms with E-state index in [0.29, 0.717) is 17.4 Å². The van der Waals surface area contributed by atoms with Gasteiger partial charge in [-0.1, -0.05) is 6.07 Å². The summed E-state index contributed by atoms with van der Waals surface area (Å²) in [5.41, 5.74) is 1.80. The van der Waals surface area contributed by atoms with E-state index >= 15 is 0 Å². The molecule has 0 aliphatic rings. The van der Waals surface area contributed by atoms with Crippen molar-refractivity contribution in [3.05, 3.63) is 29.3 Å². The second kappa shape index (κ2) is 6.83. The molecule has 0 aliphatic heterocycles. The molecule has 0 bridgehead atoms. The minimum atomic E-state index is 0. The summed E-state index contributed by atoms with van der Waals surface area (Å²) in [6.45, 7) is 0. The van der Waals surface area contributed by atoms with Crippen molar-refractivity contribution < 1.29 is 21.9 Å². The molecular weight excluding hydrogens is 293 g/mol. The molecule has 0 spiro atoms. The highest BCUT2D eigenvalue weighted by molar-refractivity contribution is 7.13. The van der Waals surface area contributed by atoms with Gasteiger partial charge >= 0.3 is 0 Å². The largest absolute Gasteiger partial charge is 1.00 e. The minimum Gasteiger partial charge on any atom is -1.00 e. The lowest BCUT2D eigenvalue weighted by Crippen LogP contribution is -3.00. The van der Waals surface area contributed by atoms with Crippen LogP contribution in [-0.4, -0.2) is 19.2 Å². The first-order chi connectivity index (χ1) is 8.30. The molecule has 0 amide bonds. The summed E-state index contributed by atoms with van der Waals surface area (Å²) in [6.07, 6.45) is 0. The van der Waals surface area contributed by atoms with Crippen molar-refractivity contribution in [1.82, 2.24) is 4.98 Å². The summed E-state index contributed by atoms with van der Waals surface area (Å²) in [4.78, 5) is 4.43. The van der Waals surface area contributed by atoms with E-state index in [1.165, 1.54) is 0 Å². The molecule has 98 valence electrons. The molecule has 18 heavy (non-hydrogen) atoms. The Morgan fingerprint density at radius 1 is 1.28 bits per heavy atom. The average molecular weight is 305 g/mol. The van der Waals surface area contributed by atoms with Gasteiger partial charge in [0.2, 0.25) is 0 Å². The van der Waals surface area contributed by atoms with Gasteiger partial charge in [-0.25, -0.2) is 4.98 Å². The number of benzene rings is 1. The first kappa shape index (κ1) is 15.1. The monoisotopic (exact) mass is 304 g/mol. The Morgan fingerprint density at radius 3 is 2.61 bits per heavy atom. The molecule has 0 unspecified atom stereocenters. The van der Waals surface area contributed by atoms with Crippen LogP contribution in [0.15, 0.2) is 23.6 Å². The molecule has 2 rings (SSSR count). The Morgan fingerprint density at radius 2 is 2.06 bits per heavy atom. The molecule has 6 heteroatoms. The van der Waals surface area contributed by atoms with Crippen LogP contribution in [0.4, 0.5) is 0 Å². The zero-order valence-corrected chi connectivity index (χ0v) is 12.3. The van der Waals surface area contributed by atoms with Gasteiger partial charge in [-0.15, -0.1) is 22.9 Å². The van der Waals surface area contributed by atoms with Crippen LogP contribution in [-0.2, 0) is 5.88 Å². The van der Waals surface area contributed by atoms with Crippen molar-refractivity contribution in [2.75, 3.05) is 14.2 Å². The van der Waals surface area contributed by atoms with E-state index in [4.69, 9.17) is 21.1 Å². The van der Waals surface area contributed by atoms with Crippen LogP contribution < -0.4 is 21.9 Å². The third-order valence-electron chi connectivity index (χ3n) is 2.32. The molecule has 3 nitrogen and oxygen atoms in total. The fraction of sp³-hybridized carbons (Fsp3) is 0.250. The molecule has 1 heterocycles. The van der Waals surface area contributed by atoms with Crippen molar-refractivity contribution in [3.63, 3.8) is 0 Å². The van der Waals surface area contributed by atoms with Gasteiger partial charge < -0.3 is 21.9 Å². The number of aromatic nitrogens is 1. The number of nitrogens with zero attached hydrogens (tertiary/aromatic N) is 1. The molecule has 0 fully saturated rings. The minimum absolute atomic E-state index is 0. The average Bonchev–Trinajstić information content (AvgIpc) is 2.86. The van der Waals surface area contributed by atoms with Gasteiger partial charge in [0.1, 0.15) is 5.01 Å². The fourth-order valence-electron chi connectivity index (χ4n) is 1.55. The molecule has 1 aromatic heterocycles. The second-order valence-electron chi connectivity index (χ2n) is 3.32. The number of para-hydroxylation sites is 1. The van der Waals surface area contributed by atoms with Crippen LogP contribution >= 0.6 is 22.9 Å². The van der Waals surface area contributed by atoms with E-state index in [-0.39, 0.29) is 12.4 Å². The van der Waals surface area contributed by atoms with Crippen LogP contribution in [0.1, 0.15) is 5.69 Å². The number of ether oxygens (including phenoxy) is 2. The first-order valence-electron chi connectivity index (χ1n) is 5.02. The molecule has 0 radical (unpaired) electrons. The van der Waals surface area contributed by atoms with Crippen molar-refractivity contribution in [1.29, 1.82) is 0 Å². The van der Waals surface area contributed by atoms with Gasteiger partial charge in [-0.3, -0.25) is 0 Å². The van der Waals surface area contributed by atoms with Crippen LogP contribution in [0.25, 0.3) is 10.6 Å². The smallest absolute Gasteiger partial charge is 0.170 e. The van der Waals surface area contributed by atoms with Gasteiger partial charge in [0, 0.05) is 5.38 Å². The van der Waals surface area contributed by atoms with Gasteiger partial charge in [0.15, 0.2) is 11.5 Å². The van der Waals surface area contributed by atoms with Crippen molar-refractivity contribution in [2.24, 2.45) is 0 Å². The Bertz CT molecular complexity index is 517. The highest BCUT2D eigenvalue weighted by Crippen LogP contribution is 2.38. The summed E-state index contributed by atoms with van der Waals surface area (Å²) in [5, 5.41) is 2.83. The Hall–Kier alpha value is -0.970. The van der Waals surface area contributed by atoms with E-state index in [1.807, 2.05) is 23.6 Å². The lowest BCUT2D eigenvalue weighted by Gasteiger charge is -2.10. The van der Waals surface area contributed by atoms with Crippen LogP contribution in [0.5, 0.6) is 11.5 Å². The van der Waals surface area contributed by atoms with E-state index in [1.54, 1.807) is 25.6 Å². The molecule has 1 aromatic carbocycles. The summed E-state index contributed by atoms with van der Waals surface area (Å²) in [7, 11) is 3.24. The number of hydrogen-bond donors (Lipinski definition) is 0. The maximum Gasteiger partial charge on any atom is 0.170 e. The van der Waals surface area contributed by atoms with Crippen molar-refractivity contribution in [2.45, 2.75) is 5.88 Å². The Labute approximate surface area is 121 Å². The van der Waals surface area contributed by atoms with E-state index in [9.17, 15) is 0 Å². The number of thiazole rings is 1. The quantitative estimate of drug-likeness (QED) is 0.774. The molecule has 0 aliphatic carbocycles. The Kier molecular flexibility index (Phi) is 5.72. The standard InChI is InChI=1S/C12H12ClNO2S.ClH/c1-15-10-5-3-4-9(11(10)16-2)12-14-8(6-13)7-17-12;/h3-5,7H,6H2,1-2H3;1H/p-1. The number of alkyl halides is 1. The highest BCUT2D eigenvalue weighted by atomic mass is 35.5. The van der Waals surface area contributed by atoms with Crippen molar-refractivity contribution >= 4 is 22.9 Å². The fourth-order valence-corrected chi connectivity index (χ4v) is 2.62.